The quantitative estimate of drug-likeness (QED) is 0.00691. The number of hydrogen-bond donors (Lipinski definition) is 3. The zero-order valence-electron chi connectivity index (χ0n) is 80.9. The van der Waals surface area contributed by atoms with Crippen LogP contribution in [0.1, 0.15) is 164 Å². The standard InChI is InChI=1S/C40H60F3N5O13P2Si2.C23H32F3O8PSi.C19H30N6O6PSi.3CH4.B.U.H2/c1-22-31(58-64(11,12)38(3,4)5)28(55-36(22)53-24-15-16-25-26(40(41,42)43)18-29(49)54-27(25)17-24)19-52-62(9,50)61-63(10,51)60-57-37-23(2)32(59-65(13,14)39(6,7)8)35(56-37)48-21-47-30-33(44)45-20-46-34(30)48;1-13-20(34-36(6,7)22(2,3)4)18(12-30-35(5,28)29)33-21(13)31-14-8-9-15-16(23(24,25)26)11-19(27)32-17(15)10-14;1-12-14(30-33(5,6)19(2,3)4)17(25-11-24-13-15(21)22-10-23-16(13)25)28-18(12)29-31-32(26)27-9-7-8-20;;;;;;/h15-18,20-23,28,31-32,35-37H,19H2,1-14H3,(H2,44,45,46);8-11,13,18,20-21H,12H2,1-7H3,(H,28,29);10-12,14,17-18H,7,9H2,1-6H3,(H2,21,22,23);3*1H4;;;1H/q;;+1;;;;;;/t22?,23?,28-,31+,32-,35-,36+,37-,62?,63?;13?,18-,20+,21+;12?,14-,17-,18-;;;;;;/m111....../s1/i;;;;;;;;1+1. The van der Waals surface area contributed by atoms with Crippen LogP contribution < -0.4 is 32.2 Å². The SMILES string of the molecule is C.C.C.CC1[C@@H](OOP(C)(=O)OP(C)(=O)OC[C@H]2O[C@H](Oc3ccc4c(C(F)(F)F)cc(=O)oc4c3)C(C)[C@@H]2O[Si](C)(C)C(C)(C)C)O[C@@H](n2cnc3c(N)ncnc32)[C@@H]1O[Si](C)(C)C(C)(C)C.CC1[C@@H](OO[P+](=O)OCCC#N)O[C@@H](n2cnc3c(N)ncnc32)[C@@H]1O[Si](C)(C)C(C)(C)C.CC1[C@@H](Oc2ccc3c(C(F)(F)F)cc(=O)oc3c2)O[C@H](COP(C)(=O)O)[C@H]1O[Si](C)(C)C(C)(C)C.[2HH].[B].[U]. The van der Waals surface area contributed by atoms with E-state index in [0.717, 1.165) is 26.1 Å². The van der Waals surface area contributed by atoms with Gasteiger partial charge in [-0.1, -0.05) is 133 Å². The summed E-state index contributed by atoms with van der Waals surface area (Å²) >= 11 is 0. The molecule has 0 spiro atoms. The summed E-state index contributed by atoms with van der Waals surface area (Å²) in [5, 5.41) is 7.36. The number of halogens is 6. The monoisotopic (exact) mass is 2340 g/mol. The van der Waals surface area contributed by atoms with Gasteiger partial charge in [-0.15, -0.1) is 9.20 Å². The summed E-state index contributed by atoms with van der Waals surface area (Å²) in [5.74, 6) is -1.08. The van der Waals surface area contributed by atoms with E-state index in [2.05, 4.69) is 152 Å². The van der Waals surface area contributed by atoms with Gasteiger partial charge in [-0.3, -0.25) is 22.8 Å². The molecule has 54 heteroatoms. The number of aromatic nitrogens is 8. The topological polar surface area (TPSA) is 478 Å². The first-order valence-corrected chi connectivity index (χ1v) is 61.6. The van der Waals surface area contributed by atoms with Crippen molar-refractivity contribution in [2.24, 2.45) is 23.7 Å². The predicted octanol–water partition coefficient (Wildman–Crippen LogP) is 21.2. The number of nitrogens with two attached hydrogens (primary N) is 2. The van der Waals surface area contributed by atoms with Gasteiger partial charge in [0.25, 0.3) is 0 Å². The van der Waals surface area contributed by atoms with E-state index in [-0.39, 0.29) is 167 Å². The first kappa shape index (κ1) is 124. The van der Waals surface area contributed by atoms with Gasteiger partial charge >= 0.3 is 54.6 Å². The van der Waals surface area contributed by atoms with Crippen LogP contribution >= 0.6 is 31.0 Å². The van der Waals surface area contributed by atoms with Gasteiger partial charge in [0.1, 0.15) is 65.2 Å². The Morgan fingerprint density at radius 3 is 1.23 bits per heavy atom. The number of nitrogen functional groups attached to an aromatic ring is 2. The van der Waals surface area contributed by atoms with Crippen molar-refractivity contribution in [1.82, 2.24) is 39.0 Å². The van der Waals surface area contributed by atoms with Crippen LogP contribution in [0, 0.1) is 66.1 Å². The van der Waals surface area contributed by atoms with Crippen molar-refractivity contribution < 1.29 is 174 Å². The Balaban J connectivity index is 0.000000465. The van der Waals surface area contributed by atoms with Crippen molar-refractivity contribution in [2.75, 3.05) is 51.3 Å². The van der Waals surface area contributed by atoms with Gasteiger partial charge in [-0.2, -0.15) is 41.4 Å². The Morgan fingerprint density at radius 1 is 0.525 bits per heavy atom. The third kappa shape index (κ3) is 30.3. The van der Waals surface area contributed by atoms with Crippen molar-refractivity contribution >= 4 is 129 Å². The third-order valence-corrected chi connectivity index (χ3v) is 47.7. The zero-order chi connectivity index (χ0) is 100. The molecule has 12 rings (SSSR count). The molecule has 0 amide bonds. The Labute approximate surface area is 838 Å². The Bertz CT molecular complexity index is 5850. The molecular weight excluding hydrogens is 2210 g/mol. The molecule has 0 bridgehead atoms. The summed E-state index contributed by atoms with van der Waals surface area (Å²) in [6.45, 7) is 51.8. The number of rotatable bonds is 31. The maximum atomic E-state index is 13.9. The predicted molar refractivity (Wildman–Crippen MR) is 518 cm³/mol. The molecule has 0 aliphatic carbocycles. The number of fused-ring (bicyclic) bond motifs is 4. The summed E-state index contributed by atoms with van der Waals surface area (Å²) in [6.07, 6.45) is -13.1. The van der Waals surface area contributed by atoms with E-state index < -0.39 is 185 Å². The van der Waals surface area contributed by atoms with Crippen molar-refractivity contribution in [1.29, 1.82) is 5.26 Å². The van der Waals surface area contributed by atoms with Crippen LogP contribution in [-0.4, -0.2) is 187 Å². The minimum absolute atomic E-state index is 0. The summed E-state index contributed by atoms with van der Waals surface area (Å²) in [4.78, 5) is 69.7. The molecular formula is C85H136BF6N11O27P4Si4U+. The molecule has 777 valence electrons. The summed E-state index contributed by atoms with van der Waals surface area (Å²) in [7, 11) is -24.4. The molecule has 4 aliphatic rings. The van der Waals surface area contributed by atoms with Crippen LogP contribution in [0.2, 0.25) is 72.5 Å². The number of ether oxygens (including phenoxy) is 6. The second-order valence-corrected chi connectivity index (χ2v) is 65.6. The molecule has 3 radical (unpaired) electrons. The average molecular weight is 2340 g/mol. The summed E-state index contributed by atoms with van der Waals surface area (Å²) < 4.78 is 241. The number of alkyl halides is 6. The fourth-order valence-electron chi connectivity index (χ4n) is 13.6. The largest absolute Gasteiger partial charge is 0.728 e. The first-order valence-electron chi connectivity index (χ1n) is 42.9. The Morgan fingerprint density at radius 2 is 0.878 bits per heavy atom. The molecule has 4 aliphatic heterocycles. The number of anilines is 2. The third-order valence-electron chi connectivity index (χ3n) is 25.2. The van der Waals surface area contributed by atoms with E-state index in [1.54, 1.807) is 22.4 Å². The summed E-state index contributed by atoms with van der Waals surface area (Å²) in [5.41, 5.74) is 8.57. The number of hydrogen-bond acceptors (Lipinski definition) is 35. The average Bonchev–Trinajstić information content (AvgIpc) is 1.61. The molecule has 38 nitrogen and oxygen atoms in total. The van der Waals surface area contributed by atoms with E-state index in [9.17, 15) is 59.1 Å². The molecule has 4 saturated heterocycles. The molecule has 139 heavy (non-hydrogen) atoms. The normalized spacial score (nSPS) is 24.8. The van der Waals surface area contributed by atoms with Crippen LogP contribution in [-0.2, 0) is 104 Å². The molecule has 20 atom stereocenters. The van der Waals surface area contributed by atoms with Gasteiger partial charge in [-0.25, -0.2) is 43.8 Å². The van der Waals surface area contributed by atoms with E-state index >= 15 is 0 Å². The fourth-order valence-corrected chi connectivity index (χ4v) is 23.1. The molecule has 10 heterocycles. The van der Waals surface area contributed by atoms with Gasteiger partial charge in [-0.05, 0) is 96.8 Å². The van der Waals surface area contributed by atoms with Gasteiger partial charge in [0, 0.05) is 124 Å². The molecule has 8 aromatic rings. The minimum Gasteiger partial charge on any atom is -0.464 e. The van der Waals surface area contributed by atoms with Crippen molar-refractivity contribution in [3.05, 3.63) is 106 Å². The van der Waals surface area contributed by atoms with E-state index in [0.29, 0.717) is 34.5 Å². The number of nitriles is 1. The molecule has 6 aromatic heterocycles. The van der Waals surface area contributed by atoms with Crippen molar-refractivity contribution in [3.63, 3.8) is 0 Å². The van der Waals surface area contributed by atoms with E-state index in [1.165, 1.54) is 49.3 Å². The van der Waals surface area contributed by atoms with Crippen LogP contribution in [0.3, 0.4) is 0 Å². The molecule has 5 N–H and O–H groups in total. The second-order valence-electron chi connectivity index (χ2n) is 39.7. The first-order chi connectivity index (χ1) is 61.4. The second kappa shape index (κ2) is 47.0. The van der Waals surface area contributed by atoms with E-state index in [1.807, 2.05) is 39.9 Å². The van der Waals surface area contributed by atoms with Crippen molar-refractivity contribution in [2.45, 2.75) is 299 Å². The van der Waals surface area contributed by atoms with Crippen LogP contribution in [0.5, 0.6) is 11.5 Å². The van der Waals surface area contributed by atoms with E-state index in [4.69, 9.17) is 109 Å². The van der Waals surface area contributed by atoms with Gasteiger partial charge in [0.05, 0.1) is 78.6 Å². The number of imidazole rings is 2. The Kier molecular flexibility index (Phi) is 41.9. The van der Waals surface area contributed by atoms with Crippen LogP contribution in [0.25, 0.3) is 44.3 Å². The smallest absolute Gasteiger partial charge is 0.464 e. The van der Waals surface area contributed by atoms with Gasteiger partial charge in [0.15, 0.2) is 74.9 Å². The number of nitrogens with zero attached hydrogens (tertiary/aromatic N) is 9. The molecule has 8 unspecified atom stereocenters. The zero-order valence-corrected chi connectivity index (χ0v) is 92.6. The maximum absolute atomic E-state index is 13.9. The summed E-state index contributed by atoms with van der Waals surface area (Å²) in [6, 6.07) is 10.0. The Hall–Kier alpha value is -5.68. The van der Waals surface area contributed by atoms with Crippen LogP contribution in [0.15, 0.2) is 92.3 Å². The minimum atomic E-state index is -4.80. The number of benzene rings is 2. The maximum Gasteiger partial charge on any atom is 0.728 e. The van der Waals surface area contributed by atoms with Crippen LogP contribution in [0.4, 0.5) is 38.0 Å². The molecule has 4 fully saturated rings. The molecule has 0 saturated carbocycles. The van der Waals surface area contributed by atoms with Gasteiger partial charge < -0.3 is 80.4 Å². The molecule has 2 aromatic carbocycles. The fraction of sp³-hybridized carbons (Fsp3) is 0.659. The van der Waals surface area contributed by atoms with Crippen molar-refractivity contribution in [3.8, 4) is 17.6 Å². The van der Waals surface area contributed by atoms with Gasteiger partial charge in [0.2, 0.25) is 18.9 Å².